The molecule has 0 aromatic heterocycles. The second kappa shape index (κ2) is 9.26. The fourth-order valence-corrected chi connectivity index (χ4v) is 2.94. The van der Waals surface area contributed by atoms with Crippen molar-refractivity contribution in [3.8, 4) is 0 Å². The minimum Gasteiger partial charge on any atom is -0.322 e. The SMILES string of the molecule is CN(C)CCc1ccc(NC(=O)c2ccccc2C(=O)c2ccc(F)cc2)cc1. The Morgan fingerprint density at radius 1 is 0.862 bits per heavy atom. The van der Waals surface area contributed by atoms with Crippen molar-refractivity contribution in [2.45, 2.75) is 6.42 Å². The van der Waals surface area contributed by atoms with Crippen LogP contribution in [0.3, 0.4) is 0 Å². The van der Waals surface area contributed by atoms with Crippen molar-refractivity contribution >= 4 is 17.4 Å². The molecule has 1 N–H and O–H groups in total. The number of carbonyl (C=O) groups is 2. The van der Waals surface area contributed by atoms with Crippen LogP contribution in [-0.2, 0) is 6.42 Å². The summed E-state index contributed by atoms with van der Waals surface area (Å²) in [4.78, 5) is 27.7. The number of likely N-dealkylation sites (N-methyl/N-ethyl adjacent to an activating group) is 1. The van der Waals surface area contributed by atoms with E-state index < -0.39 is 5.82 Å². The zero-order valence-corrected chi connectivity index (χ0v) is 16.5. The third-order valence-corrected chi connectivity index (χ3v) is 4.58. The monoisotopic (exact) mass is 390 g/mol. The number of amides is 1. The number of halogens is 1. The van der Waals surface area contributed by atoms with E-state index in [1.165, 1.54) is 29.8 Å². The predicted molar refractivity (Wildman–Crippen MR) is 113 cm³/mol. The molecule has 0 bridgehead atoms. The number of anilines is 1. The number of hydrogen-bond acceptors (Lipinski definition) is 3. The van der Waals surface area contributed by atoms with Crippen molar-refractivity contribution in [1.82, 2.24) is 4.90 Å². The van der Waals surface area contributed by atoms with Crippen LogP contribution in [0.1, 0.15) is 31.8 Å². The number of ketones is 1. The standard InChI is InChI=1S/C24H23FN2O2/c1-27(2)16-15-17-7-13-20(14-8-17)26-24(29)22-6-4-3-5-21(22)23(28)18-9-11-19(25)12-10-18/h3-14H,15-16H2,1-2H3,(H,26,29). The lowest BCUT2D eigenvalue weighted by Gasteiger charge is -2.11. The molecule has 0 spiro atoms. The van der Waals surface area contributed by atoms with E-state index in [4.69, 9.17) is 0 Å². The first-order valence-corrected chi connectivity index (χ1v) is 9.38. The fraction of sp³-hybridized carbons (Fsp3) is 0.167. The first-order valence-electron chi connectivity index (χ1n) is 9.38. The number of benzene rings is 3. The Morgan fingerprint density at radius 3 is 2.10 bits per heavy atom. The van der Waals surface area contributed by atoms with E-state index in [-0.39, 0.29) is 22.8 Å². The molecule has 0 atom stereocenters. The van der Waals surface area contributed by atoms with Crippen LogP contribution in [0, 0.1) is 5.82 Å². The highest BCUT2D eigenvalue weighted by molar-refractivity contribution is 6.17. The molecule has 0 aliphatic rings. The van der Waals surface area contributed by atoms with Gasteiger partial charge < -0.3 is 10.2 Å². The smallest absolute Gasteiger partial charge is 0.256 e. The van der Waals surface area contributed by atoms with Crippen LogP contribution >= 0.6 is 0 Å². The van der Waals surface area contributed by atoms with E-state index in [1.54, 1.807) is 24.3 Å². The first kappa shape index (κ1) is 20.4. The second-order valence-electron chi connectivity index (χ2n) is 7.09. The molecule has 4 nitrogen and oxygen atoms in total. The number of nitrogens with one attached hydrogen (secondary N) is 1. The van der Waals surface area contributed by atoms with Gasteiger partial charge in [0, 0.05) is 23.4 Å². The zero-order chi connectivity index (χ0) is 20.8. The molecule has 0 radical (unpaired) electrons. The maximum Gasteiger partial charge on any atom is 0.256 e. The maximum absolute atomic E-state index is 13.1. The Kier molecular flexibility index (Phi) is 6.52. The van der Waals surface area contributed by atoms with Gasteiger partial charge in [-0.25, -0.2) is 4.39 Å². The number of hydrogen-bond donors (Lipinski definition) is 1. The molecule has 148 valence electrons. The van der Waals surface area contributed by atoms with Gasteiger partial charge in [-0.05, 0) is 68.5 Å². The molecule has 5 heteroatoms. The predicted octanol–water partition coefficient (Wildman–Crippen LogP) is 4.41. The van der Waals surface area contributed by atoms with Crippen LogP contribution < -0.4 is 5.32 Å². The van der Waals surface area contributed by atoms with Gasteiger partial charge in [0.25, 0.3) is 5.91 Å². The summed E-state index contributed by atoms with van der Waals surface area (Å²) < 4.78 is 13.1. The van der Waals surface area contributed by atoms with Gasteiger partial charge >= 0.3 is 0 Å². The van der Waals surface area contributed by atoms with E-state index in [0.717, 1.165) is 13.0 Å². The Labute approximate surface area is 170 Å². The third-order valence-electron chi connectivity index (χ3n) is 4.58. The topological polar surface area (TPSA) is 49.4 Å². The lowest BCUT2D eigenvalue weighted by atomic mass is 9.98. The molecule has 3 aromatic rings. The molecule has 0 aliphatic carbocycles. The summed E-state index contributed by atoms with van der Waals surface area (Å²) in [6.45, 7) is 0.949. The normalized spacial score (nSPS) is 10.8. The van der Waals surface area contributed by atoms with E-state index in [0.29, 0.717) is 11.3 Å². The largest absolute Gasteiger partial charge is 0.322 e. The van der Waals surface area contributed by atoms with E-state index >= 15 is 0 Å². The van der Waals surface area contributed by atoms with E-state index in [2.05, 4.69) is 10.2 Å². The Morgan fingerprint density at radius 2 is 1.48 bits per heavy atom. The van der Waals surface area contributed by atoms with Crippen LogP contribution in [0.5, 0.6) is 0 Å². The average Bonchev–Trinajstić information content (AvgIpc) is 2.73. The minimum absolute atomic E-state index is 0.276. The number of nitrogens with zero attached hydrogens (tertiary/aromatic N) is 1. The van der Waals surface area contributed by atoms with Crippen molar-refractivity contribution < 1.29 is 14.0 Å². The summed E-state index contributed by atoms with van der Waals surface area (Å²) in [6.07, 6.45) is 0.927. The van der Waals surface area contributed by atoms with E-state index in [1.807, 2.05) is 38.4 Å². The molecule has 0 fully saturated rings. The van der Waals surface area contributed by atoms with Crippen molar-refractivity contribution in [2.24, 2.45) is 0 Å². The highest BCUT2D eigenvalue weighted by atomic mass is 19.1. The highest BCUT2D eigenvalue weighted by Gasteiger charge is 2.18. The summed E-state index contributed by atoms with van der Waals surface area (Å²) in [5.41, 5.74) is 2.73. The lowest BCUT2D eigenvalue weighted by molar-refractivity contribution is 0.0996. The Balaban J connectivity index is 1.76. The van der Waals surface area contributed by atoms with Crippen molar-refractivity contribution in [2.75, 3.05) is 26.0 Å². The van der Waals surface area contributed by atoms with Gasteiger partial charge in [-0.15, -0.1) is 0 Å². The summed E-state index contributed by atoms with van der Waals surface area (Å²) in [6, 6.07) is 19.6. The van der Waals surface area contributed by atoms with Gasteiger partial charge in [0.1, 0.15) is 5.82 Å². The van der Waals surface area contributed by atoms with Crippen molar-refractivity contribution in [3.63, 3.8) is 0 Å². The average molecular weight is 390 g/mol. The summed E-state index contributed by atoms with van der Waals surface area (Å²) >= 11 is 0. The van der Waals surface area contributed by atoms with Crippen molar-refractivity contribution in [3.05, 3.63) is 101 Å². The summed E-state index contributed by atoms with van der Waals surface area (Å²) in [5.74, 6) is -1.10. The second-order valence-corrected chi connectivity index (χ2v) is 7.09. The van der Waals surface area contributed by atoms with Gasteiger partial charge in [0.05, 0.1) is 5.56 Å². The van der Waals surface area contributed by atoms with Gasteiger partial charge in [-0.2, -0.15) is 0 Å². The Bertz CT molecular complexity index is 996. The van der Waals surface area contributed by atoms with Crippen LogP contribution in [0.25, 0.3) is 0 Å². The maximum atomic E-state index is 13.1. The number of rotatable bonds is 7. The first-order chi connectivity index (χ1) is 13.9. The molecular formula is C24H23FN2O2. The molecule has 0 unspecified atom stereocenters. The minimum atomic E-state index is -0.415. The summed E-state index contributed by atoms with van der Waals surface area (Å²) in [5, 5.41) is 2.84. The molecule has 0 heterocycles. The van der Waals surface area contributed by atoms with Crippen LogP contribution in [0.4, 0.5) is 10.1 Å². The molecule has 0 saturated carbocycles. The van der Waals surface area contributed by atoms with Crippen LogP contribution in [0.15, 0.2) is 72.8 Å². The van der Waals surface area contributed by atoms with Gasteiger partial charge in [0.15, 0.2) is 5.78 Å². The molecule has 0 saturated heterocycles. The molecule has 3 aromatic carbocycles. The highest BCUT2D eigenvalue weighted by Crippen LogP contribution is 2.18. The van der Waals surface area contributed by atoms with Crippen LogP contribution in [0.2, 0.25) is 0 Å². The zero-order valence-electron chi connectivity index (χ0n) is 16.5. The van der Waals surface area contributed by atoms with Gasteiger partial charge in [0.2, 0.25) is 0 Å². The number of carbonyl (C=O) groups excluding carboxylic acids is 2. The quantitative estimate of drug-likeness (QED) is 0.608. The van der Waals surface area contributed by atoms with Gasteiger partial charge in [-0.3, -0.25) is 9.59 Å². The van der Waals surface area contributed by atoms with Crippen molar-refractivity contribution in [1.29, 1.82) is 0 Å². The molecule has 1 amide bonds. The Hall–Kier alpha value is -3.31. The molecule has 3 rings (SSSR count). The lowest BCUT2D eigenvalue weighted by Crippen LogP contribution is -2.17. The summed E-state index contributed by atoms with van der Waals surface area (Å²) in [7, 11) is 4.05. The van der Waals surface area contributed by atoms with Crippen LogP contribution in [-0.4, -0.2) is 37.2 Å². The molecule has 29 heavy (non-hydrogen) atoms. The molecule has 0 aliphatic heterocycles. The van der Waals surface area contributed by atoms with E-state index in [9.17, 15) is 14.0 Å². The fourth-order valence-electron chi connectivity index (χ4n) is 2.94. The molecular weight excluding hydrogens is 367 g/mol. The van der Waals surface area contributed by atoms with Gasteiger partial charge in [-0.1, -0.05) is 30.3 Å². The third kappa shape index (κ3) is 5.36.